The van der Waals surface area contributed by atoms with Crippen molar-refractivity contribution in [2.24, 2.45) is 0 Å². The topological polar surface area (TPSA) is 12.9 Å². The summed E-state index contributed by atoms with van der Waals surface area (Å²) in [4.78, 5) is 4.26. The number of benzene rings is 1. The summed E-state index contributed by atoms with van der Waals surface area (Å²) in [5, 5.41) is 1.02. The molecule has 3 heteroatoms. The molecule has 1 aromatic heterocycles. The molecule has 0 unspecified atom stereocenters. The highest BCUT2D eigenvalue weighted by molar-refractivity contribution is 9.09. The number of rotatable bonds is 2. The Labute approximate surface area is 83.6 Å². The first-order valence-corrected chi connectivity index (χ1v) is 5.78. The number of hydrogen-bond acceptors (Lipinski definition) is 2. The van der Waals surface area contributed by atoms with E-state index in [1.54, 1.807) is 11.3 Å². The lowest BCUT2D eigenvalue weighted by atomic mass is 10.2. The van der Waals surface area contributed by atoms with Crippen LogP contribution in [0.3, 0.4) is 0 Å². The molecule has 0 bridgehead atoms. The van der Waals surface area contributed by atoms with Gasteiger partial charge in [-0.05, 0) is 24.1 Å². The van der Waals surface area contributed by atoms with Crippen LogP contribution >= 0.6 is 27.3 Å². The molecule has 12 heavy (non-hydrogen) atoms. The highest BCUT2D eigenvalue weighted by Crippen LogP contribution is 2.19. The fourth-order valence-corrected chi connectivity index (χ4v) is 2.28. The predicted molar refractivity (Wildman–Crippen MR) is 57.1 cm³/mol. The molecular formula is C9H8BrNS. The lowest BCUT2D eigenvalue weighted by Gasteiger charge is -1.95. The number of hydrogen-bond donors (Lipinski definition) is 0. The Morgan fingerprint density at radius 3 is 3.17 bits per heavy atom. The molecule has 1 nitrogen and oxygen atoms in total. The first-order valence-electron chi connectivity index (χ1n) is 3.78. The second kappa shape index (κ2) is 3.54. The summed E-state index contributed by atoms with van der Waals surface area (Å²) in [6.07, 6.45) is 1.08. The molecule has 0 aliphatic carbocycles. The van der Waals surface area contributed by atoms with Crippen LogP contribution < -0.4 is 0 Å². The lowest BCUT2D eigenvalue weighted by Crippen LogP contribution is -1.84. The Balaban J connectivity index is 2.46. The third-order valence-electron chi connectivity index (χ3n) is 1.78. The molecular weight excluding hydrogens is 234 g/mol. The van der Waals surface area contributed by atoms with Crippen LogP contribution in [0, 0.1) is 0 Å². The fourth-order valence-electron chi connectivity index (χ4n) is 1.17. The molecule has 0 aliphatic rings. The predicted octanol–water partition coefficient (Wildman–Crippen LogP) is 3.23. The summed E-state index contributed by atoms with van der Waals surface area (Å²) in [6.45, 7) is 0. The molecule has 0 aliphatic heterocycles. The monoisotopic (exact) mass is 241 g/mol. The van der Waals surface area contributed by atoms with Crippen molar-refractivity contribution in [2.75, 3.05) is 5.33 Å². The van der Waals surface area contributed by atoms with Gasteiger partial charge >= 0.3 is 0 Å². The molecule has 0 radical (unpaired) electrons. The highest BCUT2D eigenvalue weighted by atomic mass is 79.9. The Bertz CT molecular complexity index is 383. The van der Waals surface area contributed by atoms with Gasteiger partial charge in [-0.25, -0.2) is 4.98 Å². The molecule has 2 rings (SSSR count). The minimum atomic E-state index is 1.02. The van der Waals surface area contributed by atoms with E-state index in [2.05, 4.69) is 39.1 Å². The third kappa shape index (κ3) is 1.52. The third-order valence-corrected chi connectivity index (χ3v) is 2.98. The van der Waals surface area contributed by atoms with Crippen LogP contribution in [0.5, 0.6) is 0 Å². The maximum Gasteiger partial charge on any atom is 0.0814 e. The van der Waals surface area contributed by atoms with Gasteiger partial charge in [-0.15, -0.1) is 11.3 Å². The Kier molecular flexibility index (Phi) is 2.42. The molecule has 62 valence electrons. The summed E-state index contributed by atoms with van der Waals surface area (Å²) in [7, 11) is 0. The molecule has 0 atom stereocenters. The number of halogens is 1. The number of nitrogens with zero attached hydrogens (tertiary/aromatic N) is 1. The first-order chi connectivity index (χ1) is 5.90. The molecule has 0 saturated heterocycles. The molecule has 0 fully saturated rings. The smallest absolute Gasteiger partial charge is 0.0814 e. The van der Waals surface area contributed by atoms with Crippen LogP contribution in [0.15, 0.2) is 23.7 Å². The zero-order valence-corrected chi connectivity index (χ0v) is 8.86. The van der Waals surface area contributed by atoms with E-state index in [0.29, 0.717) is 0 Å². The van der Waals surface area contributed by atoms with Crippen molar-refractivity contribution in [3.63, 3.8) is 0 Å². The van der Waals surface area contributed by atoms with Gasteiger partial charge in [-0.2, -0.15) is 0 Å². The van der Waals surface area contributed by atoms with Gasteiger partial charge in [0.05, 0.1) is 15.7 Å². The van der Waals surface area contributed by atoms with Crippen molar-refractivity contribution in [1.82, 2.24) is 4.98 Å². The lowest BCUT2D eigenvalue weighted by molar-refractivity contribution is 1.17. The second-order valence-electron chi connectivity index (χ2n) is 2.59. The van der Waals surface area contributed by atoms with Crippen LogP contribution in [0.25, 0.3) is 10.2 Å². The van der Waals surface area contributed by atoms with Gasteiger partial charge in [0.2, 0.25) is 0 Å². The van der Waals surface area contributed by atoms with Gasteiger partial charge in [-0.1, -0.05) is 22.0 Å². The molecule has 1 heterocycles. The number of fused-ring (bicyclic) bond motifs is 1. The van der Waals surface area contributed by atoms with Gasteiger partial charge < -0.3 is 0 Å². The Morgan fingerprint density at radius 2 is 2.33 bits per heavy atom. The van der Waals surface area contributed by atoms with E-state index in [9.17, 15) is 0 Å². The van der Waals surface area contributed by atoms with Crippen molar-refractivity contribution in [3.8, 4) is 0 Å². The number of alkyl halides is 1. The Morgan fingerprint density at radius 1 is 1.42 bits per heavy atom. The molecule has 2 aromatic rings. The number of aromatic nitrogens is 1. The van der Waals surface area contributed by atoms with E-state index in [-0.39, 0.29) is 0 Å². The molecule has 0 spiro atoms. The molecule has 0 N–H and O–H groups in total. The van der Waals surface area contributed by atoms with Crippen molar-refractivity contribution in [1.29, 1.82) is 0 Å². The molecule has 0 amide bonds. The molecule has 0 saturated carbocycles. The van der Waals surface area contributed by atoms with Gasteiger partial charge in [0.15, 0.2) is 0 Å². The summed E-state index contributed by atoms with van der Waals surface area (Å²) in [6, 6.07) is 6.47. The van der Waals surface area contributed by atoms with Gasteiger partial charge in [-0.3, -0.25) is 0 Å². The zero-order valence-electron chi connectivity index (χ0n) is 6.46. The molecule has 1 aromatic carbocycles. The van der Waals surface area contributed by atoms with Crippen molar-refractivity contribution in [2.45, 2.75) is 6.42 Å². The minimum absolute atomic E-state index is 1.02. The van der Waals surface area contributed by atoms with E-state index >= 15 is 0 Å². The summed E-state index contributed by atoms with van der Waals surface area (Å²) in [5.41, 5.74) is 4.37. The van der Waals surface area contributed by atoms with Gasteiger partial charge in [0.25, 0.3) is 0 Å². The standard InChI is InChI=1S/C9H8BrNS/c10-4-3-7-1-2-9-8(5-7)11-6-12-9/h1-2,5-6H,3-4H2. The van der Waals surface area contributed by atoms with E-state index < -0.39 is 0 Å². The maximum atomic E-state index is 4.26. The number of aryl methyl sites for hydroxylation is 1. The van der Waals surface area contributed by atoms with Crippen molar-refractivity contribution < 1.29 is 0 Å². The van der Waals surface area contributed by atoms with Gasteiger partial charge in [0, 0.05) is 5.33 Å². The quantitative estimate of drug-likeness (QED) is 0.737. The minimum Gasteiger partial charge on any atom is -0.245 e. The van der Waals surface area contributed by atoms with Gasteiger partial charge in [0.1, 0.15) is 0 Å². The van der Waals surface area contributed by atoms with E-state index in [0.717, 1.165) is 17.3 Å². The van der Waals surface area contributed by atoms with E-state index in [1.165, 1.54) is 10.3 Å². The van der Waals surface area contributed by atoms with Crippen LogP contribution in [0.1, 0.15) is 5.56 Å². The normalized spacial score (nSPS) is 10.8. The Hall–Kier alpha value is -0.410. The summed E-state index contributed by atoms with van der Waals surface area (Å²) >= 11 is 5.11. The average Bonchev–Trinajstić information content (AvgIpc) is 2.51. The van der Waals surface area contributed by atoms with Crippen LogP contribution in [0.4, 0.5) is 0 Å². The van der Waals surface area contributed by atoms with Crippen LogP contribution in [-0.2, 0) is 6.42 Å². The first kappa shape index (κ1) is 8.20. The SMILES string of the molecule is BrCCc1ccc2scnc2c1. The zero-order chi connectivity index (χ0) is 8.39. The van der Waals surface area contributed by atoms with Crippen molar-refractivity contribution >= 4 is 37.5 Å². The average molecular weight is 242 g/mol. The number of thiazole rings is 1. The van der Waals surface area contributed by atoms with Crippen LogP contribution in [-0.4, -0.2) is 10.3 Å². The summed E-state index contributed by atoms with van der Waals surface area (Å²) in [5.74, 6) is 0. The van der Waals surface area contributed by atoms with E-state index in [4.69, 9.17) is 0 Å². The largest absolute Gasteiger partial charge is 0.245 e. The van der Waals surface area contributed by atoms with E-state index in [1.807, 2.05) is 5.51 Å². The van der Waals surface area contributed by atoms with Crippen LogP contribution in [0.2, 0.25) is 0 Å². The van der Waals surface area contributed by atoms with Crippen molar-refractivity contribution in [3.05, 3.63) is 29.3 Å². The maximum absolute atomic E-state index is 4.26. The fraction of sp³-hybridized carbons (Fsp3) is 0.222. The second-order valence-corrected chi connectivity index (χ2v) is 4.27. The highest BCUT2D eigenvalue weighted by Gasteiger charge is 1.97. The summed E-state index contributed by atoms with van der Waals surface area (Å²) < 4.78 is 1.27.